The number of nitrogens with one attached hydrogen (secondary N) is 1. The van der Waals surface area contributed by atoms with E-state index >= 15 is 0 Å². The molecule has 2 aliphatic rings. The van der Waals surface area contributed by atoms with Crippen LogP contribution < -0.4 is 4.72 Å². The lowest BCUT2D eigenvalue weighted by Crippen LogP contribution is -2.57. The third kappa shape index (κ3) is 4.11. The van der Waals surface area contributed by atoms with E-state index < -0.39 is 21.2 Å². The van der Waals surface area contributed by atoms with E-state index in [0.29, 0.717) is 26.3 Å². The zero-order valence-corrected chi connectivity index (χ0v) is 16.4. The predicted molar refractivity (Wildman–Crippen MR) is 93.4 cm³/mol. The first-order valence-corrected chi connectivity index (χ1v) is 10.2. The van der Waals surface area contributed by atoms with Crippen LogP contribution >= 0.6 is 0 Å². The highest BCUT2D eigenvalue weighted by molar-refractivity contribution is 7.89. The first kappa shape index (κ1) is 19.3. The number of rotatable bonds is 3. The summed E-state index contributed by atoms with van der Waals surface area (Å²) in [6.07, 6.45) is 0.601. The average molecular weight is 386 g/mol. The molecule has 2 atom stereocenters. The van der Waals surface area contributed by atoms with Crippen molar-refractivity contribution in [2.75, 3.05) is 26.3 Å². The summed E-state index contributed by atoms with van der Waals surface area (Å²) in [6.45, 7) is 8.99. The molecule has 0 bridgehead atoms. The van der Waals surface area contributed by atoms with E-state index in [4.69, 9.17) is 13.9 Å². The van der Waals surface area contributed by atoms with Crippen LogP contribution in [0.3, 0.4) is 0 Å². The molecule has 2 saturated heterocycles. The first-order chi connectivity index (χ1) is 12.0. The van der Waals surface area contributed by atoms with Gasteiger partial charge in [0.25, 0.3) is 15.9 Å². The Morgan fingerprint density at radius 1 is 1.35 bits per heavy atom. The van der Waals surface area contributed by atoms with Gasteiger partial charge in [-0.15, -0.1) is 0 Å². The summed E-state index contributed by atoms with van der Waals surface area (Å²) in [4.78, 5) is 14.5. The van der Waals surface area contributed by atoms with E-state index in [1.54, 1.807) is 25.7 Å². The largest absolute Gasteiger partial charge is 0.438 e. The van der Waals surface area contributed by atoms with Gasteiger partial charge < -0.3 is 18.8 Å². The van der Waals surface area contributed by atoms with E-state index in [9.17, 15) is 13.2 Å². The zero-order chi connectivity index (χ0) is 19.2. The van der Waals surface area contributed by atoms with Crippen molar-refractivity contribution < 1.29 is 27.1 Å². The van der Waals surface area contributed by atoms with E-state index in [-0.39, 0.29) is 22.9 Å². The third-order valence-corrected chi connectivity index (χ3v) is 5.89. The molecule has 3 heterocycles. The van der Waals surface area contributed by atoms with E-state index in [1.165, 1.54) is 12.1 Å². The first-order valence-electron chi connectivity index (χ1n) is 8.68. The molecule has 26 heavy (non-hydrogen) atoms. The van der Waals surface area contributed by atoms with Crippen LogP contribution in [0.5, 0.6) is 0 Å². The van der Waals surface area contributed by atoms with Gasteiger partial charge in [-0.25, -0.2) is 13.1 Å². The molecule has 1 amide bonds. The maximum absolute atomic E-state index is 12.8. The molecular weight excluding hydrogens is 360 g/mol. The molecule has 0 aliphatic carbocycles. The van der Waals surface area contributed by atoms with Crippen molar-refractivity contribution in [3.05, 3.63) is 17.9 Å². The van der Waals surface area contributed by atoms with E-state index in [1.807, 2.05) is 6.92 Å². The lowest BCUT2D eigenvalue weighted by Gasteiger charge is -2.42. The smallest absolute Gasteiger partial charge is 0.289 e. The molecule has 9 heteroatoms. The van der Waals surface area contributed by atoms with Crippen LogP contribution in [-0.4, -0.2) is 62.8 Å². The molecule has 1 spiro atoms. The van der Waals surface area contributed by atoms with Crippen molar-refractivity contribution in [2.24, 2.45) is 0 Å². The fourth-order valence-electron chi connectivity index (χ4n) is 3.37. The number of furan rings is 1. The number of amides is 1. The Balaban J connectivity index is 1.77. The zero-order valence-electron chi connectivity index (χ0n) is 15.6. The fraction of sp³-hybridized carbons (Fsp3) is 0.706. The number of sulfonamides is 1. The van der Waals surface area contributed by atoms with Gasteiger partial charge in [0.05, 0.1) is 19.3 Å². The highest BCUT2D eigenvalue weighted by Gasteiger charge is 2.44. The lowest BCUT2D eigenvalue weighted by atomic mass is 9.99. The lowest BCUT2D eigenvalue weighted by molar-refractivity contribution is -0.138. The Bertz CT molecular complexity index is 773. The van der Waals surface area contributed by atoms with Crippen LogP contribution in [0, 0.1) is 0 Å². The maximum atomic E-state index is 12.8. The summed E-state index contributed by atoms with van der Waals surface area (Å²) in [7, 11) is -3.83. The fourth-order valence-corrected chi connectivity index (χ4v) is 4.73. The van der Waals surface area contributed by atoms with Gasteiger partial charge in [0.15, 0.2) is 5.76 Å². The summed E-state index contributed by atoms with van der Waals surface area (Å²) >= 11 is 0. The molecule has 8 nitrogen and oxygen atoms in total. The number of carbonyl (C=O) groups is 1. The van der Waals surface area contributed by atoms with Gasteiger partial charge in [0, 0.05) is 25.1 Å². The minimum Gasteiger partial charge on any atom is -0.438 e. The predicted octanol–water partition coefficient (Wildman–Crippen LogP) is 1.38. The van der Waals surface area contributed by atoms with Crippen molar-refractivity contribution in [3.63, 3.8) is 0 Å². The Labute approximate surface area is 153 Å². The molecule has 1 aromatic heterocycles. The van der Waals surface area contributed by atoms with Gasteiger partial charge in [0.2, 0.25) is 5.09 Å². The van der Waals surface area contributed by atoms with Crippen molar-refractivity contribution in [1.29, 1.82) is 0 Å². The maximum Gasteiger partial charge on any atom is 0.289 e. The van der Waals surface area contributed by atoms with Crippen LogP contribution in [0.25, 0.3) is 0 Å². The van der Waals surface area contributed by atoms with Crippen LogP contribution in [-0.2, 0) is 19.5 Å². The number of hydrogen-bond acceptors (Lipinski definition) is 6. The van der Waals surface area contributed by atoms with Crippen molar-refractivity contribution in [3.8, 4) is 0 Å². The van der Waals surface area contributed by atoms with Gasteiger partial charge in [-0.3, -0.25) is 4.79 Å². The number of nitrogens with zero attached hydrogens (tertiary/aromatic N) is 1. The Morgan fingerprint density at radius 3 is 2.69 bits per heavy atom. The van der Waals surface area contributed by atoms with E-state index in [2.05, 4.69) is 4.72 Å². The minimum atomic E-state index is -3.83. The molecule has 2 aliphatic heterocycles. The SMILES string of the molecule is CC1CN(C(=O)c2ccc(S(=O)(=O)NC(C)(C)C)o2)CC2(CCOC2)O1. The Hall–Kier alpha value is -1.42. The molecule has 2 unspecified atom stereocenters. The number of carbonyl (C=O) groups excluding carboxylic acids is 1. The second-order valence-corrected chi connectivity index (χ2v) is 9.69. The molecular formula is C17H26N2O6S. The topological polar surface area (TPSA) is 98.1 Å². The van der Waals surface area contributed by atoms with Crippen molar-refractivity contribution >= 4 is 15.9 Å². The monoisotopic (exact) mass is 386 g/mol. The van der Waals surface area contributed by atoms with Gasteiger partial charge in [-0.2, -0.15) is 0 Å². The normalized spacial score (nSPS) is 27.2. The summed E-state index contributed by atoms with van der Waals surface area (Å²) in [6, 6.07) is 2.71. The van der Waals surface area contributed by atoms with Crippen LogP contribution in [0.15, 0.2) is 21.6 Å². The van der Waals surface area contributed by atoms with Gasteiger partial charge in [-0.05, 0) is 39.8 Å². The molecule has 1 aromatic rings. The van der Waals surface area contributed by atoms with Crippen LogP contribution in [0.1, 0.15) is 44.7 Å². The summed E-state index contributed by atoms with van der Waals surface area (Å²) < 4.78 is 44.0. The highest BCUT2D eigenvalue weighted by Crippen LogP contribution is 2.31. The summed E-state index contributed by atoms with van der Waals surface area (Å²) in [5.74, 6) is -0.342. The number of morpholine rings is 1. The quantitative estimate of drug-likeness (QED) is 0.843. The number of ether oxygens (including phenoxy) is 2. The standard InChI is InChI=1S/C17H26N2O6S/c1-12-9-19(10-17(25-12)7-8-23-11-17)15(20)13-5-6-14(24-13)26(21,22)18-16(2,3)4/h5-6,12,18H,7-11H2,1-4H3. The molecule has 0 saturated carbocycles. The summed E-state index contributed by atoms with van der Waals surface area (Å²) in [5.41, 5.74) is -1.13. The van der Waals surface area contributed by atoms with Gasteiger partial charge in [0.1, 0.15) is 5.60 Å². The van der Waals surface area contributed by atoms with E-state index in [0.717, 1.165) is 6.42 Å². The molecule has 146 valence electrons. The van der Waals surface area contributed by atoms with Crippen molar-refractivity contribution in [2.45, 2.75) is 56.5 Å². The van der Waals surface area contributed by atoms with Gasteiger partial charge in [-0.1, -0.05) is 0 Å². The second kappa shape index (κ2) is 6.63. The molecule has 1 N–H and O–H groups in total. The summed E-state index contributed by atoms with van der Waals surface area (Å²) in [5, 5.41) is -0.268. The number of hydrogen-bond donors (Lipinski definition) is 1. The molecule has 0 radical (unpaired) electrons. The average Bonchev–Trinajstić information content (AvgIpc) is 3.13. The van der Waals surface area contributed by atoms with Gasteiger partial charge >= 0.3 is 0 Å². The molecule has 2 fully saturated rings. The highest BCUT2D eigenvalue weighted by atomic mass is 32.2. The molecule has 3 rings (SSSR count). The Morgan fingerprint density at radius 2 is 2.08 bits per heavy atom. The molecule has 0 aromatic carbocycles. The van der Waals surface area contributed by atoms with Crippen LogP contribution in [0.2, 0.25) is 0 Å². The van der Waals surface area contributed by atoms with Crippen molar-refractivity contribution in [1.82, 2.24) is 9.62 Å². The minimum absolute atomic E-state index is 0.00227. The van der Waals surface area contributed by atoms with Crippen LogP contribution in [0.4, 0.5) is 0 Å². The third-order valence-electron chi connectivity index (χ3n) is 4.26. The second-order valence-electron chi connectivity index (χ2n) is 8.07. The Kier molecular flexibility index (Phi) is 4.93.